The highest BCUT2D eigenvalue weighted by Gasteiger charge is 2.41. The minimum atomic E-state index is 0.213. The van der Waals surface area contributed by atoms with E-state index in [0.717, 1.165) is 51.2 Å². The Kier molecular flexibility index (Phi) is 4.31. The van der Waals surface area contributed by atoms with E-state index in [0.29, 0.717) is 5.91 Å². The molecule has 0 radical (unpaired) electrons. The fourth-order valence-corrected chi connectivity index (χ4v) is 3.68. The van der Waals surface area contributed by atoms with Gasteiger partial charge >= 0.3 is 0 Å². The minimum absolute atomic E-state index is 0.213. The van der Waals surface area contributed by atoms with E-state index in [9.17, 15) is 4.79 Å². The highest BCUT2D eigenvalue weighted by molar-refractivity contribution is 5.80. The molecule has 1 heterocycles. The summed E-state index contributed by atoms with van der Waals surface area (Å²) in [5, 5.41) is 0. The predicted molar refractivity (Wildman–Crippen MR) is 74.1 cm³/mol. The number of amides is 1. The standard InChI is InChI=1S/C15H28N2O/c1-15(2)8-3-4-13(15)14(18)17-10-6-12(5-9-16)7-11-17/h12-13H,3-11,16H2,1-2H3. The summed E-state index contributed by atoms with van der Waals surface area (Å²) in [5.74, 6) is 1.43. The second-order valence-electron chi connectivity index (χ2n) is 6.78. The van der Waals surface area contributed by atoms with Crippen molar-refractivity contribution in [3.63, 3.8) is 0 Å². The van der Waals surface area contributed by atoms with E-state index in [1.807, 2.05) is 0 Å². The number of carbonyl (C=O) groups is 1. The molecule has 2 rings (SSSR count). The van der Waals surface area contributed by atoms with Crippen molar-refractivity contribution in [2.45, 2.75) is 52.4 Å². The molecule has 3 heteroatoms. The van der Waals surface area contributed by atoms with Crippen LogP contribution in [0.4, 0.5) is 0 Å². The molecule has 104 valence electrons. The SMILES string of the molecule is CC1(C)CCCC1C(=O)N1CCC(CCN)CC1. The largest absolute Gasteiger partial charge is 0.342 e. The third-order valence-electron chi connectivity index (χ3n) is 5.06. The van der Waals surface area contributed by atoms with Gasteiger partial charge in [0, 0.05) is 19.0 Å². The molecule has 0 bridgehead atoms. The molecule has 1 amide bonds. The average molecular weight is 252 g/mol. The van der Waals surface area contributed by atoms with Gasteiger partial charge < -0.3 is 10.6 Å². The van der Waals surface area contributed by atoms with Crippen LogP contribution in [-0.2, 0) is 4.79 Å². The van der Waals surface area contributed by atoms with Gasteiger partial charge in [-0.25, -0.2) is 0 Å². The van der Waals surface area contributed by atoms with Crippen molar-refractivity contribution in [2.75, 3.05) is 19.6 Å². The van der Waals surface area contributed by atoms with Gasteiger partial charge in [-0.2, -0.15) is 0 Å². The summed E-state index contributed by atoms with van der Waals surface area (Å²) in [7, 11) is 0. The molecule has 0 spiro atoms. The number of carbonyl (C=O) groups excluding carboxylic acids is 1. The number of nitrogens with two attached hydrogens (primary N) is 1. The fraction of sp³-hybridized carbons (Fsp3) is 0.933. The van der Waals surface area contributed by atoms with Gasteiger partial charge in [0.1, 0.15) is 0 Å². The molecule has 2 aliphatic rings. The van der Waals surface area contributed by atoms with E-state index in [-0.39, 0.29) is 11.3 Å². The van der Waals surface area contributed by atoms with Crippen LogP contribution in [0.1, 0.15) is 52.4 Å². The van der Waals surface area contributed by atoms with Gasteiger partial charge in [0.05, 0.1) is 0 Å². The zero-order valence-corrected chi connectivity index (χ0v) is 12.0. The van der Waals surface area contributed by atoms with Crippen LogP contribution in [0.2, 0.25) is 0 Å². The number of hydrogen-bond donors (Lipinski definition) is 1. The molecule has 2 N–H and O–H groups in total. The first kappa shape index (κ1) is 13.9. The van der Waals surface area contributed by atoms with Crippen LogP contribution in [0.25, 0.3) is 0 Å². The predicted octanol–water partition coefficient (Wildman–Crippen LogP) is 2.40. The van der Waals surface area contributed by atoms with Gasteiger partial charge in [-0.05, 0) is 50.0 Å². The highest BCUT2D eigenvalue weighted by Crippen LogP contribution is 2.43. The zero-order valence-electron chi connectivity index (χ0n) is 12.0. The van der Waals surface area contributed by atoms with Crippen molar-refractivity contribution in [1.29, 1.82) is 0 Å². The topological polar surface area (TPSA) is 46.3 Å². The molecule has 18 heavy (non-hydrogen) atoms. The molecule has 1 atom stereocenters. The lowest BCUT2D eigenvalue weighted by Gasteiger charge is -2.36. The maximum absolute atomic E-state index is 12.6. The number of rotatable bonds is 3. The van der Waals surface area contributed by atoms with Crippen LogP contribution in [0, 0.1) is 17.3 Å². The van der Waals surface area contributed by atoms with E-state index < -0.39 is 0 Å². The molecule has 1 aliphatic carbocycles. The van der Waals surface area contributed by atoms with E-state index in [4.69, 9.17) is 5.73 Å². The number of hydrogen-bond acceptors (Lipinski definition) is 2. The molecule has 1 unspecified atom stereocenters. The molecule has 2 fully saturated rings. The lowest BCUT2D eigenvalue weighted by molar-refractivity contribution is -0.139. The second-order valence-corrected chi connectivity index (χ2v) is 6.78. The van der Waals surface area contributed by atoms with Crippen LogP contribution in [-0.4, -0.2) is 30.4 Å². The second kappa shape index (κ2) is 5.60. The third-order valence-corrected chi connectivity index (χ3v) is 5.06. The maximum Gasteiger partial charge on any atom is 0.226 e. The normalized spacial score (nSPS) is 28.6. The van der Waals surface area contributed by atoms with Crippen LogP contribution in [0.5, 0.6) is 0 Å². The highest BCUT2D eigenvalue weighted by atomic mass is 16.2. The Bertz CT molecular complexity index is 293. The Morgan fingerprint density at radius 3 is 2.44 bits per heavy atom. The van der Waals surface area contributed by atoms with Crippen LogP contribution in [0.3, 0.4) is 0 Å². The Hall–Kier alpha value is -0.570. The Morgan fingerprint density at radius 1 is 1.28 bits per heavy atom. The molecule has 1 saturated carbocycles. The summed E-state index contributed by atoms with van der Waals surface area (Å²) in [5.41, 5.74) is 5.82. The molecule has 3 nitrogen and oxygen atoms in total. The van der Waals surface area contributed by atoms with Gasteiger partial charge in [-0.15, -0.1) is 0 Å². The minimum Gasteiger partial charge on any atom is -0.342 e. The van der Waals surface area contributed by atoms with Crippen LogP contribution in [0.15, 0.2) is 0 Å². The van der Waals surface area contributed by atoms with Crippen molar-refractivity contribution in [3.8, 4) is 0 Å². The number of likely N-dealkylation sites (tertiary alicyclic amines) is 1. The first-order chi connectivity index (χ1) is 8.54. The molecule has 0 aromatic rings. The molecular formula is C15H28N2O. The summed E-state index contributed by atoms with van der Waals surface area (Å²) >= 11 is 0. The first-order valence-electron chi connectivity index (χ1n) is 7.53. The monoisotopic (exact) mass is 252 g/mol. The van der Waals surface area contributed by atoms with Gasteiger partial charge in [0.15, 0.2) is 0 Å². The maximum atomic E-state index is 12.6. The van der Waals surface area contributed by atoms with E-state index in [2.05, 4.69) is 18.7 Å². The molecule has 1 saturated heterocycles. The summed E-state index contributed by atoms with van der Waals surface area (Å²) in [6.07, 6.45) is 6.93. The molecule has 0 aromatic heterocycles. The van der Waals surface area contributed by atoms with Crippen molar-refractivity contribution >= 4 is 5.91 Å². The quantitative estimate of drug-likeness (QED) is 0.838. The van der Waals surface area contributed by atoms with Crippen molar-refractivity contribution in [1.82, 2.24) is 4.90 Å². The number of nitrogens with zero attached hydrogens (tertiary/aromatic N) is 1. The lowest BCUT2D eigenvalue weighted by atomic mass is 9.80. The van der Waals surface area contributed by atoms with Crippen molar-refractivity contribution in [2.24, 2.45) is 23.0 Å². The van der Waals surface area contributed by atoms with Crippen molar-refractivity contribution < 1.29 is 4.79 Å². The Balaban J connectivity index is 1.88. The summed E-state index contributed by atoms with van der Waals surface area (Å²) in [4.78, 5) is 14.7. The van der Waals surface area contributed by atoms with Gasteiger partial charge in [-0.1, -0.05) is 20.3 Å². The van der Waals surface area contributed by atoms with Crippen LogP contribution < -0.4 is 5.73 Å². The van der Waals surface area contributed by atoms with Crippen molar-refractivity contribution in [3.05, 3.63) is 0 Å². The fourth-order valence-electron chi connectivity index (χ4n) is 3.68. The Morgan fingerprint density at radius 2 is 1.94 bits per heavy atom. The number of piperidine rings is 1. The Labute approximate surface area is 111 Å². The third kappa shape index (κ3) is 2.87. The van der Waals surface area contributed by atoms with E-state index in [1.54, 1.807) is 0 Å². The smallest absolute Gasteiger partial charge is 0.226 e. The molecule has 0 aromatic carbocycles. The first-order valence-corrected chi connectivity index (χ1v) is 7.53. The van der Waals surface area contributed by atoms with E-state index in [1.165, 1.54) is 12.8 Å². The van der Waals surface area contributed by atoms with Crippen LogP contribution >= 0.6 is 0 Å². The zero-order chi connectivity index (χ0) is 13.2. The average Bonchev–Trinajstić information content (AvgIpc) is 2.69. The summed E-state index contributed by atoms with van der Waals surface area (Å²) < 4.78 is 0. The summed E-state index contributed by atoms with van der Waals surface area (Å²) in [6, 6.07) is 0. The van der Waals surface area contributed by atoms with Gasteiger partial charge in [0.25, 0.3) is 0 Å². The van der Waals surface area contributed by atoms with Gasteiger partial charge in [0.2, 0.25) is 5.91 Å². The molecular weight excluding hydrogens is 224 g/mol. The van der Waals surface area contributed by atoms with Gasteiger partial charge in [-0.3, -0.25) is 4.79 Å². The van der Waals surface area contributed by atoms with E-state index >= 15 is 0 Å². The molecule has 1 aliphatic heterocycles. The lowest BCUT2D eigenvalue weighted by Crippen LogP contribution is -2.44. The summed E-state index contributed by atoms with van der Waals surface area (Å²) in [6.45, 7) is 7.20.